The molecule has 2 aromatic rings. The minimum Gasteiger partial charge on any atom is -0.493 e. The van der Waals surface area contributed by atoms with E-state index in [0.29, 0.717) is 12.6 Å². The third-order valence-corrected chi connectivity index (χ3v) is 3.62. The van der Waals surface area contributed by atoms with Crippen molar-refractivity contribution >= 4 is 11.3 Å². The smallest absolute Gasteiger partial charge is 0.161 e. The normalized spacial score (nSPS) is 12.1. The van der Waals surface area contributed by atoms with Gasteiger partial charge in [0, 0.05) is 12.6 Å². The largest absolute Gasteiger partial charge is 0.493 e. The molecule has 0 amide bonds. The molecule has 1 heterocycles. The van der Waals surface area contributed by atoms with E-state index in [1.807, 2.05) is 24.3 Å². The van der Waals surface area contributed by atoms with E-state index in [1.165, 1.54) is 5.56 Å². The lowest BCUT2D eigenvalue weighted by Gasteiger charge is -2.14. The molecule has 0 aliphatic heterocycles. The Kier molecular flexibility index (Phi) is 5.24. The number of para-hydroxylation sites is 2. The first-order chi connectivity index (χ1) is 9.31. The molecule has 0 saturated carbocycles. The second-order valence-corrected chi connectivity index (χ2v) is 5.01. The number of hydrogen-bond donors (Lipinski definition) is 1. The first kappa shape index (κ1) is 13.9. The van der Waals surface area contributed by atoms with Crippen LogP contribution in [0.2, 0.25) is 0 Å². The zero-order valence-corrected chi connectivity index (χ0v) is 12.1. The van der Waals surface area contributed by atoms with Gasteiger partial charge in [-0.15, -0.1) is 0 Å². The fourth-order valence-corrected chi connectivity index (χ4v) is 2.57. The molecule has 0 aliphatic carbocycles. The van der Waals surface area contributed by atoms with Gasteiger partial charge in [-0.25, -0.2) is 0 Å². The van der Waals surface area contributed by atoms with Crippen LogP contribution in [0.5, 0.6) is 11.5 Å². The zero-order valence-electron chi connectivity index (χ0n) is 11.3. The SMILES string of the molecule is COc1ccccc1OCCNC(C)c1ccsc1. The standard InChI is InChI=1S/C15H19NO2S/c1-12(13-7-10-19-11-13)16-8-9-18-15-6-4-3-5-14(15)17-2/h3-7,10-12,16H,8-9H2,1-2H3. The van der Waals surface area contributed by atoms with Gasteiger partial charge in [0.1, 0.15) is 6.61 Å². The van der Waals surface area contributed by atoms with Crippen molar-refractivity contribution in [2.45, 2.75) is 13.0 Å². The van der Waals surface area contributed by atoms with Gasteiger partial charge in [0.15, 0.2) is 11.5 Å². The van der Waals surface area contributed by atoms with E-state index < -0.39 is 0 Å². The van der Waals surface area contributed by atoms with Gasteiger partial charge in [-0.05, 0) is 41.4 Å². The molecule has 0 fully saturated rings. The van der Waals surface area contributed by atoms with Crippen molar-refractivity contribution in [3.05, 3.63) is 46.7 Å². The van der Waals surface area contributed by atoms with Crippen LogP contribution in [0.15, 0.2) is 41.1 Å². The second-order valence-electron chi connectivity index (χ2n) is 4.23. The average Bonchev–Trinajstić information content (AvgIpc) is 2.98. The summed E-state index contributed by atoms with van der Waals surface area (Å²) < 4.78 is 10.9. The topological polar surface area (TPSA) is 30.5 Å². The van der Waals surface area contributed by atoms with E-state index in [9.17, 15) is 0 Å². The summed E-state index contributed by atoms with van der Waals surface area (Å²) in [7, 11) is 1.65. The first-order valence-electron chi connectivity index (χ1n) is 6.32. The summed E-state index contributed by atoms with van der Waals surface area (Å²) in [5.74, 6) is 1.56. The van der Waals surface area contributed by atoms with Crippen molar-refractivity contribution in [2.24, 2.45) is 0 Å². The number of nitrogens with one attached hydrogen (secondary N) is 1. The van der Waals surface area contributed by atoms with Gasteiger partial charge in [0.2, 0.25) is 0 Å². The van der Waals surface area contributed by atoms with Crippen LogP contribution in [0.3, 0.4) is 0 Å². The van der Waals surface area contributed by atoms with Crippen molar-refractivity contribution < 1.29 is 9.47 Å². The molecule has 1 N–H and O–H groups in total. The molecule has 2 rings (SSSR count). The molecule has 0 bridgehead atoms. The first-order valence-corrected chi connectivity index (χ1v) is 7.27. The summed E-state index contributed by atoms with van der Waals surface area (Å²) in [4.78, 5) is 0. The van der Waals surface area contributed by atoms with Gasteiger partial charge in [-0.3, -0.25) is 0 Å². The molecule has 1 aromatic carbocycles. The van der Waals surface area contributed by atoms with Gasteiger partial charge in [0.25, 0.3) is 0 Å². The average molecular weight is 277 g/mol. The number of hydrogen-bond acceptors (Lipinski definition) is 4. The molecule has 1 aromatic heterocycles. The van der Waals surface area contributed by atoms with Crippen LogP contribution in [0.1, 0.15) is 18.5 Å². The predicted molar refractivity (Wildman–Crippen MR) is 79.2 cm³/mol. The Balaban J connectivity index is 1.75. The molecule has 4 heteroatoms. The predicted octanol–water partition coefficient (Wildman–Crippen LogP) is 3.49. The molecule has 0 saturated heterocycles. The van der Waals surface area contributed by atoms with E-state index in [4.69, 9.17) is 9.47 Å². The second kappa shape index (κ2) is 7.16. The van der Waals surface area contributed by atoms with Crippen molar-refractivity contribution in [2.75, 3.05) is 20.3 Å². The van der Waals surface area contributed by atoms with Crippen LogP contribution in [0.4, 0.5) is 0 Å². The lowest BCUT2D eigenvalue weighted by Crippen LogP contribution is -2.24. The van der Waals surface area contributed by atoms with Crippen molar-refractivity contribution in [1.29, 1.82) is 0 Å². The molecule has 0 aliphatic rings. The quantitative estimate of drug-likeness (QED) is 0.786. The molecule has 19 heavy (non-hydrogen) atoms. The fraction of sp³-hybridized carbons (Fsp3) is 0.333. The van der Waals surface area contributed by atoms with Crippen LogP contribution in [-0.4, -0.2) is 20.3 Å². The highest BCUT2D eigenvalue weighted by molar-refractivity contribution is 7.07. The van der Waals surface area contributed by atoms with Crippen LogP contribution < -0.4 is 14.8 Å². The lowest BCUT2D eigenvalue weighted by molar-refractivity contribution is 0.288. The maximum Gasteiger partial charge on any atom is 0.161 e. The highest BCUT2D eigenvalue weighted by Crippen LogP contribution is 2.25. The van der Waals surface area contributed by atoms with Crippen LogP contribution in [0.25, 0.3) is 0 Å². The van der Waals surface area contributed by atoms with Crippen LogP contribution in [0, 0.1) is 0 Å². The molecule has 102 valence electrons. The maximum atomic E-state index is 5.71. The maximum absolute atomic E-state index is 5.71. The van der Waals surface area contributed by atoms with Gasteiger partial charge in [0.05, 0.1) is 7.11 Å². The molecular weight excluding hydrogens is 258 g/mol. The highest BCUT2D eigenvalue weighted by Gasteiger charge is 2.05. The summed E-state index contributed by atoms with van der Waals surface area (Å²) in [5, 5.41) is 7.70. The van der Waals surface area contributed by atoms with E-state index in [-0.39, 0.29) is 0 Å². The Morgan fingerprint density at radius 1 is 1.21 bits per heavy atom. The number of rotatable bonds is 7. The van der Waals surface area contributed by atoms with E-state index in [0.717, 1.165) is 18.0 Å². The summed E-state index contributed by atoms with van der Waals surface area (Å²) in [5.41, 5.74) is 1.32. The number of benzene rings is 1. The van der Waals surface area contributed by atoms with Crippen molar-refractivity contribution in [3.63, 3.8) is 0 Å². The Bertz CT molecular complexity index is 485. The summed E-state index contributed by atoms with van der Waals surface area (Å²) in [6.07, 6.45) is 0. The number of methoxy groups -OCH3 is 1. The Morgan fingerprint density at radius 2 is 2.00 bits per heavy atom. The molecule has 0 spiro atoms. The summed E-state index contributed by atoms with van der Waals surface area (Å²) in [6.45, 7) is 3.58. The fourth-order valence-electron chi connectivity index (χ4n) is 1.81. The zero-order chi connectivity index (χ0) is 13.5. The Labute approximate surface area is 118 Å². The molecule has 0 radical (unpaired) electrons. The molecule has 3 nitrogen and oxygen atoms in total. The van der Waals surface area contributed by atoms with Crippen molar-refractivity contribution in [3.8, 4) is 11.5 Å². The minimum atomic E-state index is 0.354. The number of thiophene rings is 1. The van der Waals surface area contributed by atoms with Gasteiger partial charge < -0.3 is 14.8 Å². The van der Waals surface area contributed by atoms with Gasteiger partial charge >= 0.3 is 0 Å². The Morgan fingerprint density at radius 3 is 2.68 bits per heavy atom. The molecule has 1 atom stereocenters. The summed E-state index contributed by atoms with van der Waals surface area (Å²) in [6, 6.07) is 10.2. The Hall–Kier alpha value is -1.52. The van der Waals surface area contributed by atoms with Crippen molar-refractivity contribution in [1.82, 2.24) is 5.32 Å². The van der Waals surface area contributed by atoms with E-state index >= 15 is 0 Å². The lowest BCUT2D eigenvalue weighted by atomic mass is 10.2. The summed E-state index contributed by atoms with van der Waals surface area (Å²) >= 11 is 1.72. The number of ether oxygens (including phenoxy) is 2. The molecule has 1 unspecified atom stereocenters. The minimum absolute atomic E-state index is 0.354. The van der Waals surface area contributed by atoms with Gasteiger partial charge in [-0.1, -0.05) is 12.1 Å². The molecular formula is C15H19NO2S. The monoisotopic (exact) mass is 277 g/mol. The third-order valence-electron chi connectivity index (χ3n) is 2.92. The van der Waals surface area contributed by atoms with E-state index in [1.54, 1.807) is 18.4 Å². The van der Waals surface area contributed by atoms with Crippen LogP contribution >= 0.6 is 11.3 Å². The third kappa shape index (κ3) is 3.98. The van der Waals surface area contributed by atoms with Gasteiger partial charge in [-0.2, -0.15) is 11.3 Å². The highest BCUT2D eigenvalue weighted by atomic mass is 32.1. The van der Waals surface area contributed by atoms with E-state index in [2.05, 4.69) is 29.1 Å². The van der Waals surface area contributed by atoms with Crippen LogP contribution in [-0.2, 0) is 0 Å².